The first-order valence-corrected chi connectivity index (χ1v) is 9.24. The Morgan fingerprint density at radius 2 is 1.71 bits per heavy atom. The number of ether oxygens (including phenoxy) is 1. The number of hydrogen-bond acceptors (Lipinski definition) is 5. The summed E-state index contributed by atoms with van der Waals surface area (Å²) in [5.74, 6) is -0.0565. The van der Waals surface area contributed by atoms with Gasteiger partial charge in [0.25, 0.3) is 0 Å². The molecule has 0 aromatic carbocycles. The van der Waals surface area contributed by atoms with Gasteiger partial charge >= 0.3 is 0 Å². The number of carbonyl (C=O) groups is 1. The summed E-state index contributed by atoms with van der Waals surface area (Å²) in [5, 5.41) is 7.49. The monoisotopic (exact) mass is 349 g/mol. The van der Waals surface area contributed by atoms with Gasteiger partial charge in [-0.1, -0.05) is 48.5 Å². The van der Waals surface area contributed by atoms with Crippen molar-refractivity contribution in [2.75, 3.05) is 53.6 Å². The van der Waals surface area contributed by atoms with Crippen LogP contribution in [0.4, 0.5) is 0 Å². The van der Waals surface area contributed by atoms with Gasteiger partial charge in [-0.25, -0.2) is 0 Å². The first-order chi connectivity index (χ1) is 11.4. The van der Waals surface area contributed by atoms with E-state index in [1.54, 1.807) is 12.1 Å². The summed E-state index contributed by atoms with van der Waals surface area (Å²) in [6, 6.07) is 0. The molecule has 0 aromatic heterocycles. The van der Waals surface area contributed by atoms with E-state index >= 15 is 0 Å². The summed E-state index contributed by atoms with van der Waals surface area (Å²) < 4.78 is 5.29. The van der Waals surface area contributed by atoms with Crippen molar-refractivity contribution in [2.24, 2.45) is 5.41 Å². The summed E-state index contributed by atoms with van der Waals surface area (Å²) >= 11 is 0. The van der Waals surface area contributed by atoms with Crippen LogP contribution < -0.4 is 10.6 Å². The number of carbonyl (C=O) groups excluding carboxylic acids is 1. The summed E-state index contributed by atoms with van der Waals surface area (Å²) in [4.78, 5) is 17.2. The summed E-state index contributed by atoms with van der Waals surface area (Å²) in [6.45, 7) is 17.8. The largest absolute Gasteiger partial charge is 0.380 e. The third-order valence-electron chi connectivity index (χ3n) is 2.61. The number of rotatable bonds is 12. The topological polar surface area (TPSA) is 62.8 Å². The van der Waals surface area contributed by atoms with Crippen molar-refractivity contribution in [3.63, 3.8) is 0 Å². The molecule has 0 fully saturated rings. The molecule has 2 N–H and O–H groups in total. The van der Waals surface area contributed by atoms with E-state index in [-0.39, 0.29) is 17.9 Å². The number of hydroxylamine groups is 2. The highest BCUT2D eigenvalue weighted by Crippen LogP contribution is 2.13. The lowest BCUT2D eigenvalue weighted by molar-refractivity contribution is -0.169. The smallest absolute Gasteiger partial charge is 0.236 e. The van der Waals surface area contributed by atoms with Crippen LogP contribution in [0.1, 0.15) is 54.9 Å². The second-order valence-corrected chi connectivity index (χ2v) is 5.72. The molecule has 1 amide bonds. The lowest BCUT2D eigenvalue weighted by Gasteiger charge is -2.26. The van der Waals surface area contributed by atoms with Crippen molar-refractivity contribution >= 4 is 5.91 Å². The van der Waals surface area contributed by atoms with Gasteiger partial charge in [-0.05, 0) is 13.5 Å². The SMILES string of the molecule is CC.CC.CCCOCCNC(=O)CN(C)OCC(C)(C)CNC. The Bertz CT molecular complexity index is 262. The van der Waals surface area contributed by atoms with Crippen molar-refractivity contribution in [1.29, 1.82) is 0 Å². The first-order valence-electron chi connectivity index (χ1n) is 9.24. The molecule has 0 unspecified atom stereocenters. The Kier molecular flexibility index (Phi) is 23.9. The average Bonchev–Trinajstić information content (AvgIpc) is 2.56. The second-order valence-electron chi connectivity index (χ2n) is 5.72. The Morgan fingerprint density at radius 3 is 2.21 bits per heavy atom. The average molecular weight is 350 g/mol. The van der Waals surface area contributed by atoms with Gasteiger partial charge in [0.1, 0.15) is 6.54 Å². The van der Waals surface area contributed by atoms with Crippen LogP contribution in [-0.4, -0.2) is 64.5 Å². The van der Waals surface area contributed by atoms with Gasteiger partial charge in [-0.3, -0.25) is 9.63 Å². The molecule has 6 nitrogen and oxygen atoms in total. The van der Waals surface area contributed by atoms with Gasteiger partial charge in [0.15, 0.2) is 0 Å². The first kappa shape index (κ1) is 28.1. The van der Waals surface area contributed by atoms with E-state index < -0.39 is 0 Å². The lowest BCUT2D eigenvalue weighted by Crippen LogP contribution is -2.39. The van der Waals surface area contributed by atoms with Gasteiger partial charge in [0.05, 0.1) is 13.2 Å². The zero-order chi connectivity index (χ0) is 19.4. The molecule has 0 aliphatic carbocycles. The maximum absolute atomic E-state index is 11.6. The van der Waals surface area contributed by atoms with Crippen LogP contribution in [0, 0.1) is 5.41 Å². The molecule has 0 rings (SSSR count). The van der Waals surface area contributed by atoms with E-state index in [1.165, 1.54) is 0 Å². The third kappa shape index (κ3) is 21.3. The fourth-order valence-electron chi connectivity index (χ4n) is 1.63. The zero-order valence-corrected chi connectivity index (χ0v) is 17.6. The van der Waals surface area contributed by atoms with Crippen molar-refractivity contribution in [1.82, 2.24) is 15.7 Å². The number of amides is 1. The molecule has 24 heavy (non-hydrogen) atoms. The minimum atomic E-state index is -0.0565. The highest BCUT2D eigenvalue weighted by molar-refractivity contribution is 5.77. The van der Waals surface area contributed by atoms with Crippen LogP contribution >= 0.6 is 0 Å². The molecule has 0 saturated heterocycles. The zero-order valence-electron chi connectivity index (χ0n) is 17.6. The Labute approximate surface area is 150 Å². The molecular formula is C18H43N3O3. The van der Waals surface area contributed by atoms with Crippen LogP contribution in [-0.2, 0) is 14.4 Å². The molecule has 0 saturated carbocycles. The lowest BCUT2D eigenvalue weighted by atomic mass is 9.95. The van der Waals surface area contributed by atoms with Crippen molar-refractivity contribution in [2.45, 2.75) is 54.9 Å². The molecule has 0 bridgehead atoms. The van der Waals surface area contributed by atoms with E-state index in [2.05, 4.69) is 31.4 Å². The van der Waals surface area contributed by atoms with E-state index in [0.717, 1.165) is 19.6 Å². The van der Waals surface area contributed by atoms with Crippen LogP contribution in [0.3, 0.4) is 0 Å². The highest BCUT2D eigenvalue weighted by Gasteiger charge is 2.18. The van der Waals surface area contributed by atoms with Crippen molar-refractivity contribution in [3.05, 3.63) is 0 Å². The molecule has 0 heterocycles. The third-order valence-corrected chi connectivity index (χ3v) is 2.61. The summed E-state index contributed by atoms with van der Waals surface area (Å²) in [7, 11) is 3.68. The minimum Gasteiger partial charge on any atom is -0.380 e. The van der Waals surface area contributed by atoms with Crippen molar-refractivity contribution in [3.8, 4) is 0 Å². The standard InChI is InChI=1S/C14H31N3O3.2C2H6/c1-6-8-19-9-7-16-13(18)10-17(5)20-12-14(2,3)11-15-4;2*1-2/h15H,6-12H2,1-5H3,(H,16,18);2*1-2H3. The normalized spacial score (nSPS) is 10.4. The highest BCUT2D eigenvalue weighted by atomic mass is 16.7. The van der Waals surface area contributed by atoms with E-state index in [9.17, 15) is 4.79 Å². The number of nitrogens with one attached hydrogen (secondary N) is 2. The van der Waals surface area contributed by atoms with E-state index in [4.69, 9.17) is 9.57 Å². The van der Waals surface area contributed by atoms with Gasteiger partial charge in [0.2, 0.25) is 5.91 Å². The van der Waals surface area contributed by atoms with Crippen LogP contribution in [0.2, 0.25) is 0 Å². The fourth-order valence-corrected chi connectivity index (χ4v) is 1.63. The second kappa shape index (κ2) is 20.4. The van der Waals surface area contributed by atoms with Crippen LogP contribution in [0.5, 0.6) is 0 Å². The van der Waals surface area contributed by atoms with Gasteiger partial charge in [-0.15, -0.1) is 0 Å². The Balaban J connectivity index is -0.00000102. The molecular weight excluding hydrogens is 306 g/mol. The summed E-state index contributed by atoms with van der Waals surface area (Å²) in [6.07, 6.45) is 0.993. The molecule has 0 aliphatic heterocycles. The predicted molar refractivity (Wildman–Crippen MR) is 103 cm³/mol. The van der Waals surface area contributed by atoms with E-state index in [1.807, 2.05) is 34.7 Å². The fraction of sp³-hybridized carbons (Fsp3) is 0.944. The molecule has 0 atom stereocenters. The maximum atomic E-state index is 11.6. The molecule has 0 aliphatic rings. The Hall–Kier alpha value is -0.690. The number of hydrogen-bond donors (Lipinski definition) is 2. The molecule has 6 heteroatoms. The van der Waals surface area contributed by atoms with Gasteiger partial charge in [-0.2, -0.15) is 5.06 Å². The van der Waals surface area contributed by atoms with Crippen LogP contribution in [0.25, 0.3) is 0 Å². The number of nitrogens with zero attached hydrogens (tertiary/aromatic N) is 1. The quantitative estimate of drug-likeness (QED) is 0.419. The maximum Gasteiger partial charge on any atom is 0.236 e. The van der Waals surface area contributed by atoms with Crippen LogP contribution in [0.15, 0.2) is 0 Å². The molecule has 148 valence electrons. The molecule has 0 aromatic rings. The van der Waals surface area contributed by atoms with Gasteiger partial charge in [0, 0.05) is 32.2 Å². The molecule has 0 radical (unpaired) electrons. The predicted octanol–water partition coefficient (Wildman–Crippen LogP) is 2.69. The minimum absolute atomic E-state index is 0.0352. The summed E-state index contributed by atoms with van der Waals surface area (Å²) in [5.41, 5.74) is 0.0352. The van der Waals surface area contributed by atoms with Crippen molar-refractivity contribution < 1.29 is 14.4 Å². The number of likely N-dealkylation sites (N-methyl/N-ethyl adjacent to an activating group) is 1. The molecule has 0 spiro atoms. The Morgan fingerprint density at radius 1 is 1.12 bits per heavy atom. The van der Waals surface area contributed by atoms with Gasteiger partial charge < -0.3 is 15.4 Å². The van der Waals surface area contributed by atoms with E-state index in [0.29, 0.717) is 19.8 Å².